The summed E-state index contributed by atoms with van der Waals surface area (Å²) in [6, 6.07) is 0. The number of nitriles is 1. The highest BCUT2D eigenvalue weighted by Gasteiger charge is 2.17. The third-order valence-electron chi connectivity index (χ3n) is 2.42. The summed E-state index contributed by atoms with van der Waals surface area (Å²) in [7, 11) is 0. The van der Waals surface area contributed by atoms with Gasteiger partial charge in [0.25, 0.3) is 0 Å². The van der Waals surface area contributed by atoms with E-state index in [-0.39, 0.29) is 0 Å². The molecule has 1 fully saturated rings. The molecule has 0 N–H and O–H groups in total. The Hall–Kier alpha value is -0.730. The second-order valence-corrected chi connectivity index (χ2v) is 3.89. The molecular formula is C9H16N4S. The van der Waals surface area contributed by atoms with Gasteiger partial charge in [-0.05, 0) is 12.8 Å². The van der Waals surface area contributed by atoms with E-state index in [9.17, 15) is 0 Å². The molecule has 78 valence electrons. The van der Waals surface area contributed by atoms with E-state index in [0.717, 1.165) is 37.9 Å². The highest BCUT2D eigenvalue weighted by Crippen LogP contribution is 2.09. The topological polar surface area (TPSA) is 42.6 Å². The lowest BCUT2D eigenvalue weighted by atomic mass is 10.3. The molecule has 0 aromatic rings. The van der Waals surface area contributed by atoms with E-state index in [0.29, 0.717) is 0 Å². The van der Waals surface area contributed by atoms with Crippen LogP contribution in [0.2, 0.25) is 0 Å². The lowest BCUT2D eigenvalue weighted by molar-refractivity contribution is 0.192. The Morgan fingerprint density at radius 1 is 1.43 bits per heavy atom. The third-order valence-corrected chi connectivity index (χ3v) is 3.13. The Morgan fingerprint density at radius 3 is 2.50 bits per heavy atom. The lowest BCUT2D eigenvalue weighted by Gasteiger charge is -2.34. The summed E-state index contributed by atoms with van der Waals surface area (Å²) < 4.78 is 0. The Bertz CT molecular complexity index is 238. The first kappa shape index (κ1) is 11.3. The molecule has 0 amide bonds. The Morgan fingerprint density at radius 2 is 2.07 bits per heavy atom. The quantitative estimate of drug-likeness (QED) is 0.367. The van der Waals surface area contributed by atoms with Crippen LogP contribution < -0.4 is 0 Å². The molecule has 0 aromatic heterocycles. The normalized spacial score (nSPS) is 19.5. The van der Waals surface area contributed by atoms with Crippen molar-refractivity contribution < 1.29 is 0 Å². The van der Waals surface area contributed by atoms with Crippen molar-refractivity contribution >= 4 is 16.9 Å². The maximum absolute atomic E-state index is 8.51. The predicted molar refractivity (Wildman–Crippen MR) is 60.3 cm³/mol. The molecule has 0 atom stereocenters. The van der Waals surface area contributed by atoms with Crippen LogP contribution in [-0.4, -0.2) is 53.9 Å². The van der Waals surface area contributed by atoms with Crippen LogP contribution in [0.1, 0.15) is 6.92 Å². The molecule has 0 spiro atoms. The number of hydrogen-bond donors (Lipinski definition) is 0. The average molecular weight is 212 g/mol. The molecule has 1 aliphatic rings. The van der Waals surface area contributed by atoms with Gasteiger partial charge in [0.05, 0.1) is 0 Å². The summed E-state index contributed by atoms with van der Waals surface area (Å²) >= 11 is 1.54. The van der Waals surface area contributed by atoms with Gasteiger partial charge >= 0.3 is 0 Å². The van der Waals surface area contributed by atoms with Crippen molar-refractivity contribution in [3.8, 4) is 6.19 Å². The van der Waals surface area contributed by atoms with Crippen LogP contribution in [0.3, 0.4) is 0 Å². The highest BCUT2D eigenvalue weighted by molar-refractivity contribution is 8.13. The van der Waals surface area contributed by atoms with Crippen LogP contribution in [0.25, 0.3) is 0 Å². The van der Waals surface area contributed by atoms with Crippen LogP contribution in [0, 0.1) is 11.5 Å². The first-order valence-electron chi connectivity index (χ1n) is 4.80. The van der Waals surface area contributed by atoms with Gasteiger partial charge in [0.1, 0.15) is 0 Å². The van der Waals surface area contributed by atoms with Gasteiger partial charge in [0, 0.05) is 26.2 Å². The van der Waals surface area contributed by atoms with Crippen LogP contribution in [-0.2, 0) is 0 Å². The molecule has 1 heterocycles. The summed E-state index contributed by atoms with van der Waals surface area (Å²) in [5.41, 5.74) is 0. The molecule has 1 aliphatic heterocycles. The van der Waals surface area contributed by atoms with Gasteiger partial charge in [-0.3, -0.25) is 0 Å². The van der Waals surface area contributed by atoms with Gasteiger partial charge in [-0.15, -0.1) is 4.99 Å². The van der Waals surface area contributed by atoms with E-state index in [2.05, 4.69) is 21.7 Å². The second kappa shape index (κ2) is 5.89. The molecule has 0 radical (unpaired) electrons. The van der Waals surface area contributed by atoms with Crippen LogP contribution in [0.15, 0.2) is 4.99 Å². The lowest BCUT2D eigenvalue weighted by Crippen LogP contribution is -2.47. The van der Waals surface area contributed by atoms with Crippen molar-refractivity contribution in [1.29, 1.82) is 5.26 Å². The number of nitrogens with zero attached hydrogens (tertiary/aromatic N) is 4. The van der Waals surface area contributed by atoms with Crippen LogP contribution in [0.5, 0.6) is 0 Å². The van der Waals surface area contributed by atoms with Gasteiger partial charge in [0.2, 0.25) is 6.19 Å². The zero-order valence-corrected chi connectivity index (χ0v) is 9.55. The van der Waals surface area contributed by atoms with Crippen molar-refractivity contribution in [1.82, 2.24) is 9.80 Å². The third kappa shape index (κ3) is 2.89. The van der Waals surface area contributed by atoms with Crippen molar-refractivity contribution in [3.63, 3.8) is 0 Å². The highest BCUT2D eigenvalue weighted by atomic mass is 32.2. The van der Waals surface area contributed by atoms with Crippen molar-refractivity contribution in [3.05, 3.63) is 0 Å². The monoisotopic (exact) mass is 212 g/mol. The van der Waals surface area contributed by atoms with Gasteiger partial charge in [0.15, 0.2) is 5.17 Å². The van der Waals surface area contributed by atoms with Crippen molar-refractivity contribution in [2.45, 2.75) is 6.92 Å². The number of likely N-dealkylation sites (N-methyl/N-ethyl adjacent to an activating group) is 1. The van der Waals surface area contributed by atoms with E-state index < -0.39 is 0 Å². The Labute approximate surface area is 89.6 Å². The van der Waals surface area contributed by atoms with E-state index in [4.69, 9.17) is 5.26 Å². The van der Waals surface area contributed by atoms with E-state index in [1.807, 2.05) is 12.4 Å². The summed E-state index contributed by atoms with van der Waals surface area (Å²) in [5.74, 6) is 0. The Balaban J connectivity index is 2.48. The number of piperazine rings is 1. The molecule has 0 aromatic carbocycles. The summed E-state index contributed by atoms with van der Waals surface area (Å²) in [6.07, 6.45) is 3.81. The average Bonchev–Trinajstić information content (AvgIpc) is 2.26. The predicted octanol–water partition coefficient (Wildman–Crippen LogP) is 0.824. The maximum atomic E-state index is 8.51. The largest absolute Gasteiger partial charge is 0.348 e. The first-order chi connectivity index (χ1) is 6.81. The number of amidine groups is 1. The fraction of sp³-hybridized carbons (Fsp3) is 0.778. The molecule has 0 bridgehead atoms. The summed E-state index contributed by atoms with van der Waals surface area (Å²) in [4.78, 5) is 8.39. The number of rotatable bonds is 1. The smallest absolute Gasteiger partial charge is 0.208 e. The number of thioether (sulfide) groups is 1. The molecular weight excluding hydrogens is 196 g/mol. The summed E-state index contributed by atoms with van der Waals surface area (Å²) in [5, 5.41) is 9.36. The second-order valence-electron chi connectivity index (χ2n) is 3.12. The van der Waals surface area contributed by atoms with Crippen molar-refractivity contribution in [2.75, 3.05) is 39.0 Å². The molecule has 5 heteroatoms. The van der Waals surface area contributed by atoms with Crippen LogP contribution in [0.4, 0.5) is 0 Å². The van der Waals surface area contributed by atoms with Gasteiger partial charge in [-0.25, -0.2) is 0 Å². The zero-order valence-electron chi connectivity index (χ0n) is 8.73. The van der Waals surface area contributed by atoms with Crippen LogP contribution >= 0.6 is 11.8 Å². The molecule has 1 rings (SSSR count). The number of aliphatic imine (C=N–C) groups is 1. The molecule has 4 nitrogen and oxygen atoms in total. The molecule has 0 unspecified atom stereocenters. The molecule has 14 heavy (non-hydrogen) atoms. The zero-order chi connectivity index (χ0) is 10.4. The fourth-order valence-corrected chi connectivity index (χ4v) is 2.12. The first-order valence-corrected chi connectivity index (χ1v) is 6.02. The van der Waals surface area contributed by atoms with E-state index >= 15 is 0 Å². The maximum Gasteiger partial charge on any atom is 0.208 e. The SMILES string of the molecule is CCN1CCN(C(=NC#N)SC)CC1. The van der Waals surface area contributed by atoms with E-state index in [1.54, 1.807) is 11.8 Å². The van der Waals surface area contributed by atoms with Gasteiger partial charge in [-0.1, -0.05) is 18.7 Å². The minimum atomic E-state index is 0.850. The van der Waals surface area contributed by atoms with Crippen molar-refractivity contribution in [2.24, 2.45) is 4.99 Å². The van der Waals surface area contributed by atoms with Gasteiger partial charge < -0.3 is 9.80 Å². The minimum Gasteiger partial charge on any atom is -0.348 e. The molecule has 0 aliphatic carbocycles. The van der Waals surface area contributed by atoms with Gasteiger partial charge in [-0.2, -0.15) is 5.26 Å². The molecule has 1 saturated heterocycles. The minimum absolute atomic E-state index is 0.850. The standard InChI is InChI=1S/C9H16N4S/c1-3-12-4-6-13(7-5-12)9(14-2)11-8-10/h3-7H2,1-2H3. The fourth-order valence-electron chi connectivity index (χ4n) is 1.54. The Kier molecular flexibility index (Phi) is 4.77. The number of hydrogen-bond acceptors (Lipinski definition) is 4. The van der Waals surface area contributed by atoms with E-state index in [1.165, 1.54) is 0 Å². The summed E-state index contributed by atoms with van der Waals surface area (Å²) in [6.45, 7) is 7.39. The molecule has 0 saturated carbocycles.